The first-order valence-corrected chi connectivity index (χ1v) is 23.7. The molecular formula is C47H76O17. The summed E-state index contributed by atoms with van der Waals surface area (Å²) in [7, 11) is 0. The van der Waals surface area contributed by atoms with Gasteiger partial charge in [-0.3, -0.25) is 4.79 Å². The van der Waals surface area contributed by atoms with Gasteiger partial charge in [-0.1, -0.05) is 53.2 Å². The van der Waals surface area contributed by atoms with E-state index in [2.05, 4.69) is 40.7 Å². The Labute approximate surface area is 376 Å². The van der Waals surface area contributed by atoms with Gasteiger partial charge in [0.05, 0.1) is 37.4 Å². The van der Waals surface area contributed by atoms with Crippen molar-refractivity contribution in [1.29, 1.82) is 0 Å². The van der Waals surface area contributed by atoms with Crippen molar-refractivity contribution in [3.63, 3.8) is 0 Å². The van der Waals surface area contributed by atoms with Crippen LogP contribution in [0.15, 0.2) is 11.6 Å². The van der Waals surface area contributed by atoms with Gasteiger partial charge in [-0.25, -0.2) is 0 Å². The van der Waals surface area contributed by atoms with Crippen LogP contribution in [-0.2, 0) is 33.2 Å². The van der Waals surface area contributed by atoms with Crippen molar-refractivity contribution in [2.45, 2.75) is 205 Å². The average molecular weight is 913 g/mol. The molecule has 3 heterocycles. The van der Waals surface area contributed by atoms with E-state index in [1.54, 1.807) is 0 Å². The molecule has 23 atom stereocenters. The molecule has 0 spiro atoms. The van der Waals surface area contributed by atoms with Crippen LogP contribution in [-0.4, -0.2) is 169 Å². The Hall–Kier alpha value is -1.39. The monoisotopic (exact) mass is 913 g/mol. The number of carbonyl (C=O) groups is 1. The summed E-state index contributed by atoms with van der Waals surface area (Å²) in [5, 5.41) is 109. The number of hydrogen-bond donors (Lipinski definition) is 10. The minimum absolute atomic E-state index is 0.00962. The molecule has 3 saturated heterocycles. The van der Waals surface area contributed by atoms with Gasteiger partial charge in [0.15, 0.2) is 18.9 Å². The maximum absolute atomic E-state index is 13.1. The number of ether oxygens (including phenoxy) is 6. The van der Waals surface area contributed by atoms with Gasteiger partial charge in [0, 0.05) is 5.41 Å². The van der Waals surface area contributed by atoms with E-state index in [4.69, 9.17) is 28.4 Å². The average Bonchev–Trinajstić information content (AvgIpc) is 3.24. The molecule has 0 amide bonds. The van der Waals surface area contributed by atoms with Gasteiger partial charge < -0.3 is 79.5 Å². The highest BCUT2D eigenvalue weighted by molar-refractivity contribution is 5.76. The van der Waals surface area contributed by atoms with E-state index in [0.717, 1.165) is 44.9 Å². The molecule has 0 aromatic heterocycles. The van der Waals surface area contributed by atoms with Crippen molar-refractivity contribution in [3.8, 4) is 0 Å². The van der Waals surface area contributed by atoms with Crippen molar-refractivity contribution in [1.82, 2.24) is 0 Å². The Morgan fingerprint density at radius 2 is 1.42 bits per heavy atom. The maximum atomic E-state index is 13.1. The van der Waals surface area contributed by atoms with Gasteiger partial charge in [-0.05, 0) is 111 Å². The molecule has 8 rings (SSSR count). The van der Waals surface area contributed by atoms with Gasteiger partial charge in [-0.15, -0.1) is 0 Å². The van der Waals surface area contributed by atoms with Crippen LogP contribution in [0.5, 0.6) is 0 Å². The summed E-state index contributed by atoms with van der Waals surface area (Å²) in [6.45, 7) is 14.1. The lowest BCUT2D eigenvalue weighted by atomic mass is 9.33. The van der Waals surface area contributed by atoms with Crippen LogP contribution in [0.2, 0.25) is 0 Å². The Kier molecular flexibility index (Phi) is 13.2. The lowest BCUT2D eigenvalue weighted by Gasteiger charge is -2.71. The minimum Gasteiger partial charge on any atom is -0.481 e. The lowest BCUT2D eigenvalue weighted by Crippen LogP contribution is -2.67. The number of rotatable bonds is 9. The highest BCUT2D eigenvalue weighted by atomic mass is 16.8. The van der Waals surface area contributed by atoms with Crippen LogP contribution in [0.3, 0.4) is 0 Å². The summed E-state index contributed by atoms with van der Waals surface area (Å²) in [5.41, 5.74) is -0.703. The number of aliphatic hydroxyl groups excluding tert-OH is 9. The van der Waals surface area contributed by atoms with Crippen molar-refractivity contribution in [2.24, 2.45) is 50.2 Å². The number of carboxylic acid groups (broad SMARTS) is 1. The molecule has 0 aromatic carbocycles. The summed E-state index contributed by atoms with van der Waals surface area (Å²) in [4.78, 5) is 13.1. The summed E-state index contributed by atoms with van der Waals surface area (Å²) in [6.07, 6.45) is -12.2. The third-order valence-corrected chi connectivity index (χ3v) is 19.0. The number of aliphatic carboxylic acids is 1. The Morgan fingerprint density at radius 1 is 0.734 bits per heavy atom. The quantitative estimate of drug-likeness (QED) is 0.146. The lowest BCUT2D eigenvalue weighted by molar-refractivity contribution is -0.382. The molecule has 7 fully saturated rings. The van der Waals surface area contributed by atoms with Gasteiger partial charge in [0.1, 0.15) is 61.0 Å². The van der Waals surface area contributed by atoms with Crippen LogP contribution < -0.4 is 0 Å². The van der Waals surface area contributed by atoms with Crippen LogP contribution >= 0.6 is 0 Å². The molecular weight excluding hydrogens is 837 g/mol. The molecule has 3 aliphatic heterocycles. The highest BCUT2D eigenvalue weighted by Gasteiger charge is 2.70. The van der Waals surface area contributed by atoms with E-state index in [-0.39, 0.29) is 46.0 Å². The molecule has 4 saturated carbocycles. The fourth-order valence-corrected chi connectivity index (χ4v) is 14.7. The predicted molar refractivity (Wildman–Crippen MR) is 225 cm³/mol. The number of fused-ring (bicyclic) bond motifs is 7. The first-order chi connectivity index (χ1) is 29.9. The van der Waals surface area contributed by atoms with E-state index in [1.165, 1.54) is 12.5 Å². The smallest absolute Gasteiger partial charge is 0.310 e. The van der Waals surface area contributed by atoms with Crippen LogP contribution in [0.25, 0.3) is 0 Å². The topological polar surface area (TPSA) is 275 Å². The molecule has 0 aromatic rings. The normalized spacial score (nSPS) is 55.0. The van der Waals surface area contributed by atoms with E-state index in [0.29, 0.717) is 19.3 Å². The van der Waals surface area contributed by atoms with E-state index in [1.807, 2.05) is 6.92 Å². The SMILES string of the molecule is C[C@@H]1O[C@H](O[C@H]2[C@H](O)[C@@H](OC[C@]3(C)[C@@H]4CC[C@]5(C)[C@H](CC=C6[C@H]7CC(C)(C)CC[C@@]7(C(=O)O)CC[C@]65C)[C@@]4(C)CC[C@@H]3O)O[C@@H](CO)[C@@H]2O)[C@@H](O[C@H]2OC[C@H](O)[C@@H](O)[C@@H]2O)[C@H](O)[C@H]1O. The van der Waals surface area contributed by atoms with Crippen LogP contribution in [0.1, 0.15) is 113 Å². The minimum atomic E-state index is -1.76. The van der Waals surface area contributed by atoms with Gasteiger partial charge in [0.2, 0.25) is 0 Å². The predicted octanol–water partition coefficient (Wildman–Crippen LogP) is 1.35. The molecule has 17 heteroatoms. The van der Waals surface area contributed by atoms with Gasteiger partial charge >= 0.3 is 5.97 Å². The molecule has 5 aliphatic carbocycles. The second-order valence-corrected chi connectivity index (χ2v) is 22.9. The Balaban J connectivity index is 1.02. The summed E-state index contributed by atoms with van der Waals surface area (Å²) in [6, 6.07) is 0. The van der Waals surface area contributed by atoms with Crippen LogP contribution in [0.4, 0.5) is 0 Å². The zero-order valence-corrected chi connectivity index (χ0v) is 38.5. The Morgan fingerprint density at radius 3 is 2.11 bits per heavy atom. The first kappa shape index (κ1) is 49.0. The van der Waals surface area contributed by atoms with Crippen molar-refractivity contribution in [3.05, 3.63) is 11.6 Å². The van der Waals surface area contributed by atoms with Crippen molar-refractivity contribution < 1.29 is 84.3 Å². The molecule has 0 bridgehead atoms. The second kappa shape index (κ2) is 17.2. The molecule has 0 unspecified atom stereocenters. The van der Waals surface area contributed by atoms with E-state index >= 15 is 0 Å². The summed E-state index contributed by atoms with van der Waals surface area (Å²) >= 11 is 0. The molecule has 64 heavy (non-hydrogen) atoms. The highest BCUT2D eigenvalue weighted by Crippen LogP contribution is 2.76. The number of hydrogen-bond acceptors (Lipinski definition) is 16. The summed E-state index contributed by atoms with van der Waals surface area (Å²) in [5.74, 6) is -0.442. The fraction of sp³-hybridized carbons (Fsp3) is 0.936. The number of carboxylic acids is 1. The largest absolute Gasteiger partial charge is 0.481 e. The van der Waals surface area contributed by atoms with Crippen LogP contribution in [0, 0.1) is 50.2 Å². The van der Waals surface area contributed by atoms with Gasteiger partial charge in [-0.2, -0.15) is 0 Å². The van der Waals surface area contributed by atoms with Crippen molar-refractivity contribution >= 4 is 5.97 Å². The zero-order chi connectivity index (χ0) is 46.7. The third kappa shape index (κ3) is 7.58. The fourth-order valence-electron chi connectivity index (χ4n) is 14.7. The van der Waals surface area contributed by atoms with Crippen molar-refractivity contribution in [2.75, 3.05) is 19.8 Å². The molecule has 0 radical (unpaired) electrons. The second-order valence-electron chi connectivity index (χ2n) is 22.9. The standard InChI is InChI=1S/C47H76O17/c1-22-30(51)33(54)37(64-38-34(55)31(52)25(49)20-59-38)40(61-22)63-36-32(53)26(19-48)62-39(35(36)56)60-21-44(5)27-10-13-46(7)28(43(27,4)12-11-29(44)50)9-8-23-24-18-42(2,3)14-16-47(24,41(57)58)17-15-45(23,46)6/h8,22,24-40,48-56H,9-21H2,1-7H3,(H,57,58)/t22-,24+,25-,26-,27+,28+,29-,30-,31+,32-,33+,34-,35-,36+,37-,38+,39-,40+,43-,44+,45+,46+,47+/m0/s1. The summed E-state index contributed by atoms with van der Waals surface area (Å²) < 4.78 is 35.6. The molecule has 17 nitrogen and oxygen atoms in total. The zero-order valence-electron chi connectivity index (χ0n) is 38.5. The van der Waals surface area contributed by atoms with Gasteiger partial charge in [0.25, 0.3) is 0 Å². The third-order valence-electron chi connectivity index (χ3n) is 19.0. The first-order valence-electron chi connectivity index (χ1n) is 23.7. The Bertz CT molecular complexity index is 1750. The molecule has 366 valence electrons. The molecule has 8 aliphatic rings. The molecule has 10 N–H and O–H groups in total. The van der Waals surface area contributed by atoms with E-state index in [9.17, 15) is 55.9 Å². The number of aliphatic hydroxyl groups is 9. The maximum Gasteiger partial charge on any atom is 0.310 e. The number of allylic oxidation sites excluding steroid dienone is 2. The van der Waals surface area contributed by atoms with E-state index < -0.39 is 122 Å².